The van der Waals surface area contributed by atoms with Crippen molar-refractivity contribution in [2.45, 2.75) is 428 Å². The van der Waals surface area contributed by atoms with Gasteiger partial charge in [0.2, 0.25) is 0 Å². The molecule has 6 atom stereocenters. The Morgan fingerprint density at radius 1 is 0.263 bits per heavy atom. The summed E-state index contributed by atoms with van der Waals surface area (Å²) in [6.45, 7) is 35.9. The van der Waals surface area contributed by atoms with Crippen LogP contribution in [0.3, 0.4) is 0 Å². The second kappa shape index (κ2) is 51.4. The van der Waals surface area contributed by atoms with Gasteiger partial charge in [0.25, 0.3) is 0 Å². The molecule has 548 valence electrons. The van der Waals surface area contributed by atoms with Gasteiger partial charge < -0.3 is 13.6 Å². The van der Waals surface area contributed by atoms with E-state index in [0.29, 0.717) is 52.8 Å². The maximum atomic E-state index is 18.0. The summed E-state index contributed by atoms with van der Waals surface area (Å²) in [7, 11) is -4.65. The molecule has 0 saturated heterocycles. The molecule has 0 fully saturated rings. The van der Waals surface area contributed by atoms with Gasteiger partial charge in [0, 0.05) is 16.7 Å². The van der Waals surface area contributed by atoms with Crippen molar-refractivity contribution in [1.82, 2.24) is 0 Å². The van der Waals surface area contributed by atoms with Crippen LogP contribution in [-0.2, 0) is 20.8 Å². The minimum absolute atomic E-state index is 0.186. The largest absolute Gasteiger partial charge is 0.647 e. The van der Waals surface area contributed by atoms with Crippen molar-refractivity contribution in [2.75, 3.05) is 0 Å². The van der Waals surface area contributed by atoms with Crippen LogP contribution in [0.15, 0.2) is 72.8 Å². The Morgan fingerprint density at radius 2 is 0.453 bits per heavy atom. The molecule has 0 bridgehead atoms. The third-order valence-corrected chi connectivity index (χ3v) is 24.9. The van der Waals surface area contributed by atoms with Gasteiger partial charge in [-0.3, -0.25) is 0 Å². The molecule has 0 amide bonds. The van der Waals surface area contributed by atoms with Crippen molar-refractivity contribution >= 4 is 7.82 Å². The van der Waals surface area contributed by atoms with Crippen molar-refractivity contribution in [3.05, 3.63) is 89.5 Å². The van der Waals surface area contributed by atoms with E-state index in [1.54, 1.807) is 0 Å². The summed E-state index contributed by atoms with van der Waals surface area (Å²) in [6.07, 6.45) is 57.7. The SMILES string of the molecule is CCCCCCCC(CC(CC)CCCC)(CC(CC)CCCC)c1ccccc1OP(=O)(Oc1ccccc1C(CCCCCCC)(CC(CC)CCCC)CC(CC)CCCC)Oc1ccccc1C(CCCCCCC)(CC(CC)CCCC)CC(CC)CCCC. The van der Waals surface area contributed by atoms with Gasteiger partial charge in [-0.25, -0.2) is 0 Å². The van der Waals surface area contributed by atoms with Gasteiger partial charge in [0.1, 0.15) is 17.2 Å². The standard InChI is InChI=1S/C90H159O4P/c1-16-31-40-43-52-67-88(70-76(25-10)55-34-19-4,71-77(26-11)56-35-20-5)82-61-46-49-64-85(82)92-95(91,93-86-65-50-47-62-83(86)89(68-53-44-41-32-17-2,72-78(27-12)57-36-21-6)73-79(28-13)58-37-22-7)94-87-66-51-48-63-84(87)90(69-54-45-42-33-18-3,74-80(29-14)59-38-23-8)75-81(30-15)60-39-24-9/h46-51,61-66,76-81H,16-45,52-60,67-75H2,1-15H3. The molecule has 0 aliphatic rings. The van der Waals surface area contributed by atoms with Crippen LogP contribution in [0, 0.1) is 35.5 Å². The Bertz CT molecular complexity index is 2040. The zero-order valence-corrected chi connectivity index (χ0v) is 66.8. The van der Waals surface area contributed by atoms with Gasteiger partial charge >= 0.3 is 7.82 Å². The lowest BCUT2D eigenvalue weighted by Gasteiger charge is -2.42. The lowest BCUT2D eigenvalue weighted by atomic mass is 9.64. The van der Waals surface area contributed by atoms with Crippen molar-refractivity contribution in [2.24, 2.45) is 35.5 Å². The molecule has 0 aliphatic heterocycles. The van der Waals surface area contributed by atoms with Gasteiger partial charge in [-0.1, -0.05) is 409 Å². The van der Waals surface area contributed by atoms with Crippen LogP contribution in [0.5, 0.6) is 17.2 Å². The van der Waals surface area contributed by atoms with E-state index in [9.17, 15) is 0 Å². The monoisotopic (exact) mass is 1340 g/mol. The quantitative estimate of drug-likeness (QED) is 0.0417. The van der Waals surface area contributed by atoms with Crippen molar-refractivity contribution < 1.29 is 18.1 Å². The van der Waals surface area contributed by atoms with Gasteiger partial charge in [-0.2, -0.15) is 4.57 Å². The predicted octanol–water partition coefficient (Wildman–Crippen LogP) is 31.8. The molecule has 0 radical (unpaired) electrons. The molecule has 0 saturated carbocycles. The molecule has 0 aliphatic carbocycles. The average Bonchev–Trinajstić information content (AvgIpc) is 0.776. The number of unbranched alkanes of at least 4 members (excludes halogenated alkanes) is 18. The van der Waals surface area contributed by atoms with Crippen LogP contribution in [0.4, 0.5) is 0 Å². The topological polar surface area (TPSA) is 44.8 Å². The van der Waals surface area contributed by atoms with Crippen LogP contribution in [0.25, 0.3) is 0 Å². The second-order valence-corrected chi connectivity index (χ2v) is 32.7. The fourth-order valence-electron chi connectivity index (χ4n) is 17.5. The molecule has 0 spiro atoms. The maximum absolute atomic E-state index is 18.0. The summed E-state index contributed by atoms with van der Waals surface area (Å²) < 4.78 is 41.4. The Morgan fingerprint density at radius 3 is 0.642 bits per heavy atom. The van der Waals surface area contributed by atoms with E-state index in [-0.39, 0.29) is 16.2 Å². The Kier molecular flexibility index (Phi) is 46.8. The van der Waals surface area contributed by atoms with Crippen LogP contribution < -0.4 is 13.6 Å². The lowest BCUT2D eigenvalue weighted by molar-refractivity contribution is 0.199. The van der Waals surface area contributed by atoms with E-state index in [1.807, 2.05) is 0 Å². The first-order valence-electron chi connectivity index (χ1n) is 42.2. The summed E-state index contributed by atoms with van der Waals surface area (Å²) in [6, 6.07) is 27.0. The first-order chi connectivity index (χ1) is 46.2. The maximum Gasteiger partial charge on any atom is 0.647 e. The molecule has 4 nitrogen and oxygen atoms in total. The number of hydrogen-bond donors (Lipinski definition) is 0. The second-order valence-electron chi connectivity index (χ2n) is 31.3. The number of phosphoric ester groups is 1. The zero-order chi connectivity index (χ0) is 69.5. The van der Waals surface area contributed by atoms with Crippen LogP contribution in [0.1, 0.15) is 429 Å². The van der Waals surface area contributed by atoms with Gasteiger partial charge in [-0.15, -0.1) is 0 Å². The fourth-order valence-corrected chi connectivity index (χ4v) is 18.8. The van der Waals surface area contributed by atoms with Crippen LogP contribution >= 0.6 is 7.82 Å². The minimum atomic E-state index is -4.65. The van der Waals surface area contributed by atoms with Crippen molar-refractivity contribution in [3.8, 4) is 17.2 Å². The third kappa shape index (κ3) is 31.0. The Hall–Kier alpha value is -2.71. The minimum Gasteiger partial charge on any atom is -0.386 e. The molecule has 5 heteroatoms. The van der Waals surface area contributed by atoms with Gasteiger partial charge in [0.15, 0.2) is 0 Å². The first kappa shape index (κ1) is 86.5. The highest BCUT2D eigenvalue weighted by molar-refractivity contribution is 7.49. The number of hydrogen-bond acceptors (Lipinski definition) is 4. The normalized spacial score (nSPS) is 16.4. The molecule has 3 aromatic carbocycles. The molecule has 3 aromatic rings. The number of phosphoric acid groups is 1. The van der Waals surface area contributed by atoms with Crippen LogP contribution in [-0.4, -0.2) is 0 Å². The lowest BCUT2D eigenvalue weighted by Crippen LogP contribution is -2.34. The Labute approximate surface area is 593 Å². The highest BCUT2D eigenvalue weighted by Crippen LogP contribution is 2.59. The summed E-state index contributed by atoms with van der Waals surface area (Å²) >= 11 is 0. The highest BCUT2D eigenvalue weighted by Gasteiger charge is 2.46. The molecule has 6 unspecified atom stereocenters. The first-order valence-corrected chi connectivity index (χ1v) is 43.7. The predicted molar refractivity (Wildman–Crippen MR) is 422 cm³/mol. The summed E-state index contributed by atoms with van der Waals surface area (Å²) in [4.78, 5) is 0. The van der Waals surface area contributed by atoms with E-state index < -0.39 is 7.82 Å². The highest BCUT2D eigenvalue weighted by atomic mass is 31.2. The molecule has 0 aromatic heterocycles. The number of benzene rings is 3. The molecule has 3 rings (SSSR count). The van der Waals surface area contributed by atoms with Crippen LogP contribution in [0.2, 0.25) is 0 Å². The summed E-state index contributed by atoms with van der Waals surface area (Å²) in [5, 5.41) is 0. The van der Waals surface area contributed by atoms with E-state index in [0.717, 1.165) is 96.3 Å². The molecule has 0 N–H and O–H groups in total. The molecule has 0 heterocycles. The smallest absolute Gasteiger partial charge is 0.386 e. The fraction of sp³-hybridized carbons (Fsp3) is 0.800. The molecule has 95 heavy (non-hydrogen) atoms. The number of rotatable bonds is 63. The van der Waals surface area contributed by atoms with E-state index >= 15 is 4.57 Å². The Balaban J connectivity index is 2.75. The average molecular weight is 1340 g/mol. The van der Waals surface area contributed by atoms with E-state index in [4.69, 9.17) is 13.6 Å². The molecular formula is C90H159O4P. The van der Waals surface area contributed by atoms with E-state index in [2.05, 4.69) is 177 Å². The number of para-hydroxylation sites is 3. The van der Waals surface area contributed by atoms with Crippen molar-refractivity contribution in [1.29, 1.82) is 0 Å². The molecular weight excluding hydrogens is 1180 g/mol. The third-order valence-electron chi connectivity index (χ3n) is 23.6. The van der Waals surface area contributed by atoms with Gasteiger partial charge in [-0.05, 0) is 128 Å². The zero-order valence-electron chi connectivity index (χ0n) is 65.9. The van der Waals surface area contributed by atoms with Crippen molar-refractivity contribution in [3.63, 3.8) is 0 Å². The van der Waals surface area contributed by atoms with E-state index in [1.165, 1.54) is 229 Å². The summed E-state index contributed by atoms with van der Waals surface area (Å²) in [5.74, 6) is 5.56. The van der Waals surface area contributed by atoms with Gasteiger partial charge in [0.05, 0.1) is 0 Å². The summed E-state index contributed by atoms with van der Waals surface area (Å²) in [5.41, 5.74) is 3.12.